The van der Waals surface area contributed by atoms with Crippen molar-refractivity contribution in [2.45, 2.75) is 172 Å². The maximum atomic E-state index is 10.9. The summed E-state index contributed by atoms with van der Waals surface area (Å²) in [5.41, 5.74) is 11.1. The molecule has 11 heteroatoms. The van der Waals surface area contributed by atoms with Gasteiger partial charge in [-0.1, -0.05) is 80.8 Å². The minimum absolute atomic E-state index is 0.0883. The third-order valence-corrected chi connectivity index (χ3v) is 25.2. The number of phenols is 3. The summed E-state index contributed by atoms with van der Waals surface area (Å²) in [6.07, 6.45) is 22.4. The number of terminal acetylenes is 1. The third-order valence-electron chi connectivity index (χ3n) is 24.8. The standard InChI is InChI=1S/C23H21ClO3.C20H24O2.C18H24O3.C18H24O2/c1-25-19-10-4-16(5-11-19)22(17-6-12-20(26-2)13-7-17)23(24)18-8-14-21(27-3)15-9-18;1-3-20(22)11-9-18-17-6-4-13-12-14(21)5-7-15(13)16(17)8-10-19(18,20)2;1-18-7-6-13-12-5-3-11(19)8-10(12)2-4-14(13)15(18)9-16(20)17(18)21;1-18-9-8-14-13-5-3-12(19)10-11(13)2-4-15(14)16(18)6-7-17(18)20/h4-15H,1-3H3;1,5,7,12,16-18,21-22H,4,6,8-11H2,2H3;3,5,8,13-17,19-21H,2,4,6-7,9H2,1H3;3,5,10,14-17,19-20H,2,4,6-9H2,1H3/t;16-,17-,18+,19+,20+;13-,14-,15+,16-,17+,18+;14-,15-,16+,17+,18+/m.111/s1. The zero-order chi connectivity index (χ0) is 63.4. The molecule has 9 aliphatic carbocycles. The Morgan fingerprint density at radius 1 is 0.478 bits per heavy atom. The van der Waals surface area contributed by atoms with Crippen LogP contribution in [0.5, 0.6) is 34.5 Å². The Bertz CT molecular complexity index is 3560. The van der Waals surface area contributed by atoms with E-state index in [0.29, 0.717) is 69.6 Å². The van der Waals surface area contributed by atoms with Crippen LogP contribution in [0.2, 0.25) is 0 Å². The van der Waals surface area contributed by atoms with Crippen LogP contribution < -0.4 is 14.2 Å². The summed E-state index contributed by atoms with van der Waals surface area (Å²) >= 11 is 6.86. The number of aliphatic hydroxyl groups excluding tert-OH is 3. The molecule has 6 saturated carbocycles. The monoisotopic (exact) mass is 1240 g/mol. The minimum Gasteiger partial charge on any atom is -0.508 e. The highest BCUT2D eigenvalue weighted by Gasteiger charge is 2.62. The lowest BCUT2D eigenvalue weighted by Gasteiger charge is -2.52. The molecule has 16 atom stereocenters. The first-order chi connectivity index (χ1) is 43.2. The van der Waals surface area contributed by atoms with Crippen molar-refractivity contribution in [3.05, 3.63) is 177 Å². The van der Waals surface area contributed by atoms with Crippen LogP contribution in [0.1, 0.15) is 178 Å². The predicted molar refractivity (Wildman–Crippen MR) is 356 cm³/mol. The number of phenolic OH excluding ortho intramolecular Hbond substituents is 3. The third kappa shape index (κ3) is 11.5. The molecule has 0 radical (unpaired) electrons. The Morgan fingerprint density at radius 2 is 0.889 bits per heavy atom. The zero-order valence-electron chi connectivity index (χ0n) is 53.4. The molecule has 6 aromatic carbocycles. The topological polar surface area (TPSA) is 169 Å². The van der Waals surface area contributed by atoms with E-state index in [1.54, 1.807) is 27.4 Å². The first-order valence-corrected chi connectivity index (χ1v) is 33.6. The maximum Gasteiger partial charge on any atom is 0.130 e. The van der Waals surface area contributed by atoms with Crippen molar-refractivity contribution in [1.29, 1.82) is 0 Å². The van der Waals surface area contributed by atoms with Crippen molar-refractivity contribution < 1.29 is 50.0 Å². The van der Waals surface area contributed by atoms with E-state index in [2.05, 4.69) is 44.9 Å². The van der Waals surface area contributed by atoms with Gasteiger partial charge >= 0.3 is 0 Å². The highest BCUT2D eigenvalue weighted by molar-refractivity contribution is 6.53. The van der Waals surface area contributed by atoms with Gasteiger partial charge in [-0.15, -0.1) is 6.42 Å². The lowest BCUT2D eigenvalue weighted by molar-refractivity contribution is -0.0646. The molecule has 7 N–H and O–H groups in total. The number of ether oxygens (including phenoxy) is 3. The lowest BCUT2D eigenvalue weighted by Crippen LogP contribution is -2.50. The number of aromatic hydroxyl groups is 3. The smallest absolute Gasteiger partial charge is 0.130 e. The van der Waals surface area contributed by atoms with E-state index < -0.39 is 17.8 Å². The van der Waals surface area contributed by atoms with Crippen LogP contribution in [-0.2, 0) is 19.3 Å². The predicted octanol–water partition coefficient (Wildman–Crippen LogP) is 15.7. The molecule has 6 fully saturated rings. The first kappa shape index (κ1) is 63.7. The maximum absolute atomic E-state index is 10.9. The van der Waals surface area contributed by atoms with Gasteiger partial charge in [-0.3, -0.25) is 0 Å². The molecule has 0 bridgehead atoms. The van der Waals surface area contributed by atoms with Gasteiger partial charge in [0.1, 0.15) is 40.1 Å². The fraction of sp³-hybridized carbons (Fsp3) is 0.494. The molecule has 0 unspecified atom stereocenters. The Kier molecular flexibility index (Phi) is 18.1. The number of methoxy groups -OCH3 is 3. The fourth-order valence-electron chi connectivity index (χ4n) is 19.7. The summed E-state index contributed by atoms with van der Waals surface area (Å²) in [7, 11) is 4.95. The summed E-state index contributed by atoms with van der Waals surface area (Å²) in [6.45, 7) is 6.70. The van der Waals surface area contributed by atoms with E-state index in [1.165, 1.54) is 52.6 Å². The number of fused-ring (bicyclic) bond motifs is 15. The average Bonchev–Trinajstić information content (AvgIpc) is 1.55. The second-order valence-corrected chi connectivity index (χ2v) is 29.1. The Labute approximate surface area is 538 Å². The van der Waals surface area contributed by atoms with Gasteiger partial charge in [-0.2, -0.15) is 0 Å². The summed E-state index contributed by atoms with van der Waals surface area (Å²) in [5, 5.41) is 71.5. The van der Waals surface area contributed by atoms with Crippen molar-refractivity contribution in [1.82, 2.24) is 0 Å². The molecule has 0 amide bonds. The summed E-state index contributed by atoms with van der Waals surface area (Å²) in [5.74, 6) is 11.6. The second kappa shape index (κ2) is 25.6. The van der Waals surface area contributed by atoms with E-state index >= 15 is 0 Å². The molecule has 0 spiro atoms. The van der Waals surface area contributed by atoms with Gasteiger partial charge in [0.15, 0.2) is 0 Å². The highest BCUT2D eigenvalue weighted by Crippen LogP contribution is 2.65. The van der Waals surface area contributed by atoms with Gasteiger partial charge < -0.3 is 50.0 Å². The molecular weight excluding hydrogens is 1140 g/mol. The van der Waals surface area contributed by atoms with Crippen molar-refractivity contribution in [2.75, 3.05) is 21.3 Å². The normalized spacial score (nSPS) is 33.5. The molecule has 0 aliphatic heterocycles. The van der Waals surface area contributed by atoms with E-state index in [4.69, 9.17) is 32.2 Å². The number of benzene rings is 6. The molecule has 0 heterocycles. The van der Waals surface area contributed by atoms with Crippen molar-refractivity contribution in [2.24, 2.45) is 51.8 Å². The van der Waals surface area contributed by atoms with Crippen LogP contribution in [-0.4, -0.2) is 81.0 Å². The number of halogens is 1. The molecule has 10 nitrogen and oxygen atoms in total. The van der Waals surface area contributed by atoms with Crippen LogP contribution in [0.4, 0.5) is 0 Å². The zero-order valence-corrected chi connectivity index (χ0v) is 54.1. The van der Waals surface area contributed by atoms with Crippen LogP contribution in [0.25, 0.3) is 10.6 Å². The molecule has 90 heavy (non-hydrogen) atoms. The molecule has 15 rings (SSSR count). The Balaban J connectivity index is 0.000000117. The summed E-state index contributed by atoms with van der Waals surface area (Å²) in [6, 6.07) is 41.1. The van der Waals surface area contributed by atoms with Gasteiger partial charge in [0.2, 0.25) is 0 Å². The molecule has 9 aliphatic rings. The average molecular weight is 1240 g/mol. The minimum atomic E-state index is -0.919. The van der Waals surface area contributed by atoms with Crippen molar-refractivity contribution in [3.63, 3.8) is 0 Å². The Hall–Kier alpha value is -6.45. The van der Waals surface area contributed by atoms with Crippen molar-refractivity contribution >= 4 is 22.2 Å². The number of hydrogen-bond donors (Lipinski definition) is 7. The van der Waals surface area contributed by atoms with E-state index in [-0.39, 0.29) is 22.3 Å². The first-order valence-electron chi connectivity index (χ1n) is 33.3. The number of hydrogen-bond acceptors (Lipinski definition) is 10. The molecular formula is C79H93ClO10. The van der Waals surface area contributed by atoms with Crippen LogP contribution in [0.3, 0.4) is 0 Å². The van der Waals surface area contributed by atoms with Gasteiger partial charge in [0.05, 0.1) is 44.7 Å². The van der Waals surface area contributed by atoms with Gasteiger partial charge in [-0.05, 0) is 308 Å². The lowest BCUT2D eigenvalue weighted by atomic mass is 9.53. The van der Waals surface area contributed by atoms with E-state index in [1.807, 2.05) is 103 Å². The molecule has 0 aromatic heterocycles. The fourth-order valence-corrected chi connectivity index (χ4v) is 20.1. The number of rotatable bonds is 6. The summed E-state index contributed by atoms with van der Waals surface area (Å²) in [4.78, 5) is 0. The van der Waals surface area contributed by atoms with Crippen LogP contribution >= 0.6 is 11.6 Å². The summed E-state index contributed by atoms with van der Waals surface area (Å²) < 4.78 is 15.8. The van der Waals surface area contributed by atoms with Gasteiger partial charge in [-0.25, -0.2) is 0 Å². The van der Waals surface area contributed by atoms with Crippen LogP contribution in [0, 0.1) is 64.1 Å². The molecule has 0 saturated heterocycles. The number of aryl methyl sites for hydroxylation is 3. The highest BCUT2D eigenvalue weighted by atomic mass is 35.5. The second-order valence-electron chi connectivity index (χ2n) is 28.7. The van der Waals surface area contributed by atoms with Crippen molar-refractivity contribution in [3.8, 4) is 46.8 Å². The SMILES string of the molecule is C#C[C@]1(O)CC[C@H]2[C@@H]3CCc4cc(O)ccc4[C@H]3CC[C@@]21C.COc1ccc(C(Cl)=C(c2ccc(OC)cc2)c2ccc(OC)cc2)cc1.C[C@]12CC[C@@H]3c4ccc(O)cc4CC[C@H]3[C@@H]1CC[C@@H]2O.C[C@]12CC[C@@H]3c4ccc(O)cc4CC[C@H]3[C@@H]1C[C@@H](O)[C@@H]2O. The molecule has 6 aromatic rings. The quantitative estimate of drug-likeness (QED) is 0.0629. The van der Waals surface area contributed by atoms with Gasteiger partial charge in [0.25, 0.3) is 0 Å². The van der Waals surface area contributed by atoms with Crippen LogP contribution in [0.15, 0.2) is 127 Å². The Morgan fingerprint density at radius 3 is 1.33 bits per heavy atom. The largest absolute Gasteiger partial charge is 0.508 e. The van der Waals surface area contributed by atoms with Gasteiger partial charge in [0, 0.05) is 11.0 Å². The molecule has 476 valence electrons. The number of aliphatic hydroxyl groups is 4. The van der Waals surface area contributed by atoms with E-state index in [0.717, 1.165) is 135 Å². The van der Waals surface area contributed by atoms with E-state index in [9.17, 15) is 35.7 Å².